The van der Waals surface area contributed by atoms with Gasteiger partial charge in [0.25, 0.3) is 5.91 Å². The van der Waals surface area contributed by atoms with Gasteiger partial charge in [-0.2, -0.15) is 0 Å². The topological polar surface area (TPSA) is 70.2 Å². The summed E-state index contributed by atoms with van der Waals surface area (Å²) in [6.45, 7) is 5.28. The second kappa shape index (κ2) is 5.40. The lowest BCUT2D eigenvalue weighted by atomic mass is 9.96. The molecule has 2 fully saturated rings. The molecule has 0 saturated carbocycles. The lowest BCUT2D eigenvalue weighted by Gasteiger charge is -2.44. The maximum atomic E-state index is 12.4. The third-order valence-corrected chi connectivity index (χ3v) is 4.11. The zero-order valence-corrected chi connectivity index (χ0v) is 12.2. The fraction of sp³-hybridized carbons (Fsp3) is 0.769. The largest absolute Gasteiger partial charge is 0.377 e. The maximum Gasteiger partial charge on any atom is 0.327 e. The van der Waals surface area contributed by atoms with Crippen LogP contribution in [-0.4, -0.2) is 78.0 Å². The van der Waals surface area contributed by atoms with E-state index in [1.807, 2.05) is 13.8 Å². The summed E-state index contributed by atoms with van der Waals surface area (Å²) in [5, 5.41) is 0. The normalized spacial score (nSPS) is 27.4. The van der Waals surface area contributed by atoms with Crippen molar-refractivity contribution in [1.82, 2.24) is 14.7 Å². The van der Waals surface area contributed by atoms with Gasteiger partial charge in [-0.3, -0.25) is 14.5 Å². The van der Waals surface area contributed by atoms with Crippen LogP contribution in [0.5, 0.6) is 0 Å². The summed E-state index contributed by atoms with van der Waals surface area (Å²) >= 11 is 0. The van der Waals surface area contributed by atoms with E-state index in [9.17, 15) is 14.4 Å². The van der Waals surface area contributed by atoms with Gasteiger partial charge in [-0.25, -0.2) is 4.79 Å². The molecule has 7 heteroatoms. The first-order valence-corrected chi connectivity index (χ1v) is 6.82. The summed E-state index contributed by atoms with van der Waals surface area (Å²) < 4.78 is 5.44. The van der Waals surface area contributed by atoms with E-state index in [0.29, 0.717) is 19.8 Å². The van der Waals surface area contributed by atoms with Gasteiger partial charge in [-0.1, -0.05) is 6.92 Å². The Morgan fingerprint density at radius 3 is 2.65 bits per heavy atom. The predicted molar refractivity (Wildman–Crippen MR) is 71.0 cm³/mol. The molecule has 0 bridgehead atoms. The van der Waals surface area contributed by atoms with Crippen molar-refractivity contribution in [2.45, 2.75) is 25.8 Å². The minimum Gasteiger partial charge on any atom is -0.377 e. The van der Waals surface area contributed by atoms with Crippen LogP contribution in [0.4, 0.5) is 4.79 Å². The van der Waals surface area contributed by atoms with Crippen molar-refractivity contribution in [2.24, 2.45) is 0 Å². The minimum atomic E-state index is -0.408. The molecule has 0 aliphatic carbocycles. The van der Waals surface area contributed by atoms with Gasteiger partial charge in [-0.05, 0) is 13.3 Å². The van der Waals surface area contributed by atoms with Crippen molar-refractivity contribution >= 4 is 17.8 Å². The van der Waals surface area contributed by atoms with E-state index < -0.39 is 6.03 Å². The fourth-order valence-corrected chi connectivity index (χ4v) is 2.56. The highest BCUT2D eigenvalue weighted by Gasteiger charge is 2.40. The molecule has 20 heavy (non-hydrogen) atoms. The SMILES string of the molecule is CCC1(C)COCCN1C(=O)CN1C(=O)CN(C)C1=O. The van der Waals surface area contributed by atoms with Crippen LogP contribution in [-0.2, 0) is 14.3 Å². The Morgan fingerprint density at radius 2 is 2.10 bits per heavy atom. The van der Waals surface area contributed by atoms with Gasteiger partial charge < -0.3 is 14.5 Å². The molecule has 0 radical (unpaired) electrons. The molecule has 0 aromatic heterocycles. The molecule has 7 nitrogen and oxygen atoms in total. The smallest absolute Gasteiger partial charge is 0.327 e. The highest BCUT2D eigenvalue weighted by molar-refractivity contribution is 6.04. The van der Waals surface area contributed by atoms with Gasteiger partial charge in [-0.15, -0.1) is 0 Å². The highest BCUT2D eigenvalue weighted by Crippen LogP contribution is 2.24. The van der Waals surface area contributed by atoms with E-state index in [1.54, 1.807) is 11.9 Å². The van der Waals surface area contributed by atoms with Gasteiger partial charge in [0.05, 0.1) is 18.8 Å². The molecular formula is C13H21N3O4. The quantitative estimate of drug-likeness (QED) is 0.679. The molecule has 0 aromatic carbocycles. The van der Waals surface area contributed by atoms with Crippen molar-refractivity contribution in [2.75, 3.05) is 39.9 Å². The van der Waals surface area contributed by atoms with E-state index in [-0.39, 0.29) is 30.4 Å². The average molecular weight is 283 g/mol. The minimum absolute atomic E-state index is 0.0419. The Labute approximate surface area is 118 Å². The van der Waals surface area contributed by atoms with Crippen LogP contribution in [0.3, 0.4) is 0 Å². The molecular weight excluding hydrogens is 262 g/mol. The number of likely N-dealkylation sites (N-methyl/N-ethyl adjacent to an activating group) is 1. The number of nitrogens with zero attached hydrogens (tertiary/aromatic N) is 3. The molecule has 2 aliphatic heterocycles. The van der Waals surface area contributed by atoms with Gasteiger partial charge in [0.1, 0.15) is 13.1 Å². The van der Waals surface area contributed by atoms with Crippen molar-refractivity contribution < 1.29 is 19.1 Å². The van der Waals surface area contributed by atoms with Crippen LogP contribution in [0.25, 0.3) is 0 Å². The molecule has 2 aliphatic rings. The fourth-order valence-electron chi connectivity index (χ4n) is 2.56. The summed E-state index contributed by atoms with van der Waals surface area (Å²) in [4.78, 5) is 40.0. The van der Waals surface area contributed by atoms with Gasteiger partial charge in [0, 0.05) is 13.6 Å². The monoisotopic (exact) mass is 283 g/mol. The maximum absolute atomic E-state index is 12.4. The van der Waals surface area contributed by atoms with Crippen LogP contribution >= 0.6 is 0 Å². The zero-order valence-electron chi connectivity index (χ0n) is 12.2. The highest BCUT2D eigenvalue weighted by atomic mass is 16.5. The van der Waals surface area contributed by atoms with Crippen LogP contribution in [0, 0.1) is 0 Å². The molecule has 2 saturated heterocycles. The van der Waals surface area contributed by atoms with E-state index in [0.717, 1.165) is 11.3 Å². The van der Waals surface area contributed by atoms with Crippen LogP contribution < -0.4 is 0 Å². The third kappa shape index (κ3) is 2.49. The number of amides is 4. The molecule has 1 atom stereocenters. The lowest BCUT2D eigenvalue weighted by Crippen LogP contribution is -2.59. The number of hydrogen-bond donors (Lipinski definition) is 0. The Kier molecular flexibility index (Phi) is 3.99. The molecule has 0 aromatic rings. The van der Waals surface area contributed by atoms with Crippen LogP contribution in [0.15, 0.2) is 0 Å². The Morgan fingerprint density at radius 1 is 1.40 bits per heavy atom. The number of hydrogen-bond acceptors (Lipinski definition) is 4. The molecule has 4 amide bonds. The number of morpholine rings is 1. The Hall–Kier alpha value is -1.63. The lowest BCUT2D eigenvalue weighted by molar-refractivity contribution is -0.150. The van der Waals surface area contributed by atoms with Gasteiger partial charge in [0.15, 0.2) is 0 Å². The molecule has 112 valence electrons. The van der Waals surface area contributed by atoms with Crippen molar-refractivity contribution in [3.05, 3.63) is 0 Å². The molecule has 2 rings (SSSR count). The van der Waals surface area contributed by atoms with Gasteiger partial charge in [0.2, 0.25) is 5.91 Å². The number of ether oxygens (including phenoxy) is 1. The number of rotatable bonds is 3. The number of carbonyl (C=O) groups is 3. The first-order valence-electron chi connectivity index (χ1n) is 6.82. The van der Waals surface area contributed by atoms with Crippen molar-refractivity contribution in [3.63, 3.8) is 0 Å². The average Bonchev–Trinajstić information content (AvgIpc) is 2.66. The van der Waals surface area contributed by atoms with Crippen molar-refractivity contribution in [3.8, 4) is 0 Å². The number of carbonyl (C=O) groups excluding carboxylic acids is 3. The Balaban J connectivity index is 2.07. The second-order valence-corrected chi connectivity index (χ2v) is 5.57. The van der Waals surface area contributed by atoms with E-state index >= 15 is 0 Å². The molecule has 1 unspecified atom stereocenters. The first-order chi connectivity index (χ1) is 9.39. The van der Waals surface area contributed by atoms with Crippen molar-refractivity contribution in [1.29, 1.82) is 0 Å². The van der Waals surface area contributed by atoms with E-state index in [2.05, 4.69) is 0 Å². The van der Waals surface area contributed by atoms with E-state index in [4.69, 9.17) is 4.74 Å². The van der Waals surface area contributed by atoms with Crippen LogP contribution in [0.2, 0.25) is 0 Å². The number of urea groups is 1. The zero-order chi connectivity index (χ0) is 14.9. The molecule has 0 N–H and O–H groups in total. The van der Waals surface area contributed by atoms with Crippen LogP contribution in [0.1, 0.15) is 20.3 Å². The standard InChI is InChI=1S/C13H21N3O4/c1-4-13(2)9-20-6-5-16(13)11(18)8-15-10(17)7-14(3)12(15)19/h4-9H2,1-3H3. The predicted octanol–water partition coefficient (Wildman–Crippen LogP) is -0.0921. The summed E-state index contributed by atoms with van der Waals surface area (Å²) in [5.74, 6) is -0.521. The second-order valence-electron chi connectivity index (χ2n) is 5.57. The van der Waals surface area contributed by atoms with E-state index in [1.165, 1.54) is 4.90 Å². The first kappa shape index (κ1) is 14.8. The molecule has 2 heterocycles. The summed E-state index contributed by atoms with van der Waals surface area (Å²) in [7, 11) is 1.55. The summed E-state index contributed by atoms with van der Waals surface area (Å²) in [6.07, 6.45) is 0.764. The summed E-state index contributed by atoms with van der Waals surface area (Å²) in [6, 6.07) is -0.408. The third-order valence-electron chi connectivity index (χ3n) is 4.11. The number of imide groups is 1. The summed E-state index contributed by atoms with van der Waals surface area (Å²) in [5.41, 5.74) is -0.368. The van der Waals surface area contributed by atoms with Gasteiger partial charge >= 0.3 is 6.03 Å². The molecule has 0 spiro atoms. The Bertz CT molecular complexity index is 439.